The highest BCUT2D eigenvalue weighted by molar-refractivity contribution is 7.09. The minimum atomic E-state index is 0.797. The van der Waals surface area contributed by atoms with Gasteiger partial charge < -0.3 is 5.32 Å². The van der Waals surface area contributed by atoms with Crippen LogP contribution in [0.15, 0.2) is 18.2 Å². The maximum absolute atomic E-state index is 3.85. The second-order valence-electron chi connectivity index (χ2n) is 4.30. The van der Waals surface area contributed by atoms with Gasteiger partial charge in [0.1, 0.15) is 0 Å². The Balaban J connectivity index is 1.58. The lowest BCUT2D eigenvalue weighted by Gasteiger charge is -2.05. The van der Waals surface area contributed by atoms with Crippen LogP contribution in [0, 0.1) is 0 Å². The van der Waals surface area contributed by atoms with Gasteiger partial charge in [0.25, 0.3) is 0 Å². The number of anilines is 1. The fourth-order valence-electron chi connectivity index (χ4n) is 2.30. The van der Waals surface area contributed by atoms with E-state index >= 15 is 0 Å². The molecule has 17 heavy (non-hydrogen) atoms. The predicted molar refractivity (Wildman–Crippen MR) is 68.4 cm³/mol. The van der Waals surface area contributed by atoms with E-state index in [1.165, 1.54) is 41.9 Å². The molecule has 2 aromatic rings. The summed E-state index contributed by atoms with van der Waals surface area (Å²) >= 11 is 1.29. The summed E-state index contributed by atoms with van der Waals surface area (Å²) in [5, 5.41) is 11.4. The molecule has 5 heteroatoms. The number of benzene rings is 1. The third kappa shape index (κ3) is 2.44. The second kappa shape index (κ2) is 4.79. The highest BCUT2D eigenvalue weighted by atomic mass is 32.1. The zero-order valence-electron chi connectivity index (χ0n) is 9.52. The van der Waals surface area contributed by atoms with Gasteiger partial charge in [-0.05, 0) is 47.6 Å². The van der Waals surface area contributed by atoms with Gasteiger partial charge in [0.2, 0.25) is 5.13 Å². The van der Waals surface area contributed by atoms with Crippen LogP contribution in [0.4, 0.5) is 5.13 Å². The van der Waals surface area contributed by atoms with Crippen molar-refractivity contribution in [1.29, 1.82) is 0 Å². The molecule has 88 valence electrons. The van der Waals surface area contributed by atoms with E-state index in [-0.39, 0.29) is 0 Å². The number of hydrogen-bond donors (Lipinski definition) is 1. The zero-order chi connectivity index (χ0) is 11.5. The van der Waals surface area contributed by atoms with Crippen LogP contribution in [-0.4, -0.2) is 21.3 Å². The number of fused-ring (bicyclic) bond motifs is 1. The lowest BCUT2D eigenvalue weighted by molar-refractivity contribution is 0.911. The van der Waals surface area contributed by atoms with Crippen LogP contribution in [-0.2, 0) is 19.3 Å². The third-order valence-corrected chi connectivity index (χ3v) is 3.71. The standard InChI is InChI=1S/C12H14N4S/c1-2-10-5-4-9(8-11(10)3-1)6-7-13-12-14-15-16-17-12/h4-5,8H,1-3,6-7H2,(H,13,14,16). The van der Waals surface area contributed by atoms with Crippen molar-refractivity contribution in [3.63, 3.8) is 0 Å². The lowest BCUT2D eigenvalue weighted by Crippen LogP contribution is -2.04. The molecule has 1 aromatic carbocycles. The van der Waals surface area contributed by atoms with E-state index in [0.717, 1.165) is 18.1 Å². The van der Waals surface area contributed by atoms with Crippen LogP contribution >= 0.6 is 11.5 Å². The van der Waals surface area contributed by atoms with Crippen LogP contribution in [0.5, 0.6) is 0 Å². The van der Waals surface area contributed by atoms with Crippen molar-refractivity contribution in [3.05, 3.63) is 34.9 Å². The SMILES string of the molecule is c1cc2c(cc1CCNc1nnns1)CCC2. The molecule has 1 aliphatic carbocycles. The summed E-state index contributed by atoms with van der Waals surface area (Å²) in [6, 6.07) is 6.87. The van der Waals surface area contributed by atoms with E-state index in [1.54, 1.807) is 5.56 Å². The number of hydrogen-bond acceptors (Lipinski definition) is 5. The topological polar surface area (TPSA) is 50.7 Å². The van der Waals surface area contributed by atoms with E-state index in [0.29, 0.717) is 0 Å². The Labute approximate surface area is 104 Å². The average molecular weight is 246 g/mol. The molecule has 0 radical (unpaired) electrons. The summed E-state index contributed by atoms with van der Waals surface area (Å²) < 4.78 is 3.71. The van der Waals surface area contributed by atoms with Crippen molar-refractivity contribution >= 4 is 16.7 Å². The van der Waals surface area contributed by atoms with Crippen LogP contribution in [0.25, 0.3) is 0 Å². The van der Waals surface area contributed by atoms with Gasteiger partial charge in [-0.25, -0.2) is 0 Å². The Morgan fingerprint density at radius 2 is 2.18 bits per heavy atom. The van der Waals surface area contributed by atoms with Crippen molar-refractivity contribution in [3.8, 4) is 0 Å². The molecule has 0 fully saturated rings. The predicted octanol–water partition coefficient (Wildman–Crippen LogP) is 2.08. The number of nitrogens with one attached hydrogen (secondary N) is 1. The second-order valence-corrected chi connectivity index (χ2v) is 5.03. The molecule has 1 N–H and O–H groups in total. The fraction of sp³-hybridized carbons (Fsp3) is 0.417. The summed E-state index contributed by atoms with van der Waals surface area (Å²) in [7, 11) is 0. The van der Waals surface area contributed by atoms with Gasteiger partial charge in [-0.3, -0.25) is 0 Å². The van der Waals surface area contributed by atoms with Crippen molar-refractivity contribution in [2.24, 2.45) is 0 Å². The molecule has 0 spiro atoms. The first-order valence-electron chi connectivity index (χ1n) is 5.91. The van der Waals surface area contributed by atoms with Gasteiger partial charge in [-0.1, -0.05) is 27.8 Å². The average Bonchev–Trinajstić information content (AvgIpc) is 2.98. The van der Waals surface area contributed by atoms with Gasteiger partial charge in [0, 0.05) is 18.1 Å². The van der Waals surface area contributed by atoms with Crippen molar-refractivity contribution in [2.45, 2.75) is 25.7 Å². The summed E-state index contributed by atoms with van der Waals surface area (Å²) in [5.41, 5.74) is 4.48. The Morgan fingerprint density at radius 1 is 1.24 bits per heavy atom. The molecule has 1 aliphatic rings. The normalized spacial score (nSPS) is 13.6. The van der Waals surface area contributed by atoms with Crippen molar-refractivity contribution in [2.75, 3.05) is 11.9 Å². The van der Waals surface area contributed by atoms with E-state index < -0.39 is 0 Å². The summed E-state index contributed by atoms with van der Waals surface area (Å²) in [5.74, 6) is 0. The van der Waals surface area contributed by atoms with Crippen LogP contribution < -0.4 is 5.32 Å². The molecule has 0 aliphatic heterocycles. The molecule has 0 saturated heterocycles. The first-order valence-corrected chi connectivity index (χ1v) is 6.69. The van der Waals surface area contributed by atoms with E-state index in [2.05, 4.69) is 38.3 Å². The lowest BCUT2D eigenvalue weighted by atomic mass is 10.0. The maximum atomic E-state index is 3.85. The maximum Gasteiger partial charge on any atom is 0.225 e. The quantitative estimate of drug-likeness (QED) is 0.897. The minimum absolute atomic E-state index is 0.797. The molecular formula is C12H14N4S. The monoisotopic (exact) mass is 246 g/mol. The molecule has 1 heterocycles. The van der Waals surface area contributed by atoms with Gasteiger partial charge >= 0.3 is 0 Å². The molecule has 0 bridgehead atoms. The molecule has 0 unspecified atom stereocenters. The molecule has 0 atom stereocenters. The summed E-state index contributed by atoms with van der Waals surface area (Å²) in [6.45, 7) is 0.885. The Morgan fingerprint density at radius 3 is 3.06 bits per heavy atom. The van der Waals surface area contributed by atoms with E-state index in [4.69, 9.17) is 0 Å². The Kier molecular flexibility index (Phi) is 3.00. The van der Waals surface area contributed by atoms with Gasteiger partial charge in [-0.2, -0.15) is 0 Å². The Bertz CT molecular complexity index is 495. The number of aromatic nitrogens is 3. The van der Waals surface area contributed by atoms with Crippen molar-refractivity contribution < 1.29 is 0 Å². The fourth-order valence-corrected chi connectivity index (χ4v) is 2.69. The van der Waals surface area contributed by atoms with Crippen LogP contribution in [0.1, 0.15) is 23.1 Å². The highest BCUT2D eigenvalue weighted by Gasteiger charge is 2.10. The number of aryl methyl sites for hydroxylation is 2. The summed E-state index contributed by atoms with van der Waals surface area (Å²) in [4.78, 5) is 0. The van der Waals surface area contributed by atoms with E-state index in [9.17, 15) is 0 Å². The van der Waals surface area contributed by atoms with Gasteiger partial charge in [-0.15, -0.1) is 0 Å². The first kappa shape index (κ1) is 10.7. The largest absolute Gasteiger partial charge is 0.359 e. The zero-order valence-corrected chi connectivity index (χ0v) is 10.3. The van der Waals surface area contributed by atoms with Crippen molar-refractivity contribution in [1.82, 2.24) is 14.8 Å². The summed E-state index contributed by atoms with van der Waals surface area (Å²) in [6.07, 6.45) is 4.83. The molecule has 4 nitrogen and oxygen atoms in total. The third-order valence-electron chi connectivity index (χ3n) is 3.15. The molecule has 0 amide bonds. The molecule has 0 saturated carbocycles. The van der Waals surface area contributed by atoms with Gasteiger partial charge in [0.05, 0.1) is 0 Å². The van der Waals surface area contributed by atoms with E-state index in [1.807, 2.05) is 0 Å². The molecular weight excluding hydrogens is 232 g/mol. The number of rotatable bonds is 4. The molecule has 3 rings (SSSR count). The number of nitrogens with zero attached hydrogens (tertiary/aromatic N) is 3. The highest BCUT2D eigenvalue weighted by Crippen LogP contribution is 2.22. The van der Waals surface area contributed by atoms with Crippen LogP contribution in [0.3, 0.4) is 0 Å². The minimum Gasteiger partial charge on any atom is -0.359 e. The van der Waals surface area contributed by atoms with Crippen LogP contribution in [0.2, 0.25) is 0 Å². The smallest absolute Gasteiger partial charge is 0.225 e. The molecule has 1 aromatic heterocycles. The first-order chi connectivity index (χ1) is 8.42. The van der Waals surface area contributed by atoms with Gasteiger partial charge in [0.15, 0.2) is 0 Å². The Hall–Kier alpha value is -1.49.